The summed E-state index contributed by atoms with van der Waals surface area (Å²) in [5.41, 5.74) is 20.9. The predicted octanol–water partition coefficient (Wildman–Crippen LogP) is 18.8. The van der Waals surface area contributed by atoms with Crippen LogP contribution in [0.15, 0.2) is 291 Å². The normalized spacial score (nSPS) is 12.5. The first-order valence-corrected chi connectivity index (χ1v) is 25.2. The van der Waals surface area contributed by atoms with Crippen molar-refractivity contribution in [1.29, 1.82) is 0 Å². The molecule has 0 bridgehead atoms. The minimum atomic E-state index is -0.526. The highest BCUT2D eigenvalue weighted by Crippen LogP contribution is 2.57. The summed E-state index contributed by atoms with van der Waals surface area (Å²) < 4.78 is 2.45. The van der Waals surface area contributed by atoms with Crippen LogP contribution in [0.2, 0.25) is 0 Å². The highest BCUT2D eigenvalue weighted by molar-refractivity contribution is 6.11. The standard InChI is InChI=1S/C71H48N2/c1-5-20-49(21-6-1)55-42-56(50-22-7-2-8-23-50)46-62(45-55)73-69-35-18-16-33-65(69)66-47-54(37-41-70(66)73)53-26-19-31-59(44-53)72(60-38-36-51-24-13-14-25-52(51)43-60)61-39-40-64-63-32-15-17-34-67(63)71(68(64)48-61,57-27-9-3-10-28-57)58-29-11-4-12-30-58/h1-48H. The second-order valence-corrected chi connectivity index (χ2v) is 19.3. The first kappa shape index (κ1) is 42.4. The summed E-state index contributed by atoms with van der Waals surface area (Å²) in [5, 5.41) is 4.85. The van der Waals surface area contributed by atoms with Gasteiger partial charge in [0, 0.05) is 33.5 Å². The van der Waals surface area contributed by atoms with Gasteiger partial charge in [0.2, 0.25) is 0 Å². The molecule has 1 aliphatic carbocycles. The van der Waals surface area contributed by atoms with Crippen molar-refractivity contribution < 1.29 is 0 Å². The van der Waals surface area contributed by atoms with Crippen molar-refractivity contribution in [2.45, 2.75) is 5.41 Å². The monoisotopic (exact) mass is 928 g/mol. The van der Waals surface area contributed by atoms with E-state index in [0.29, 0.717) is 0 Å². The lowest BCUT2D eigenvalue weighted by molar-refractivity contribution is 0.768. The van der Waals surface area contributed by atoms with E-state index >= 15 is 0 Å². The number of fused-ring (bicyclic) bond motifs is 7. The molecule has 1 heterocycles. The molecule has 0 aliphatic heterocycles. The van der Waals surface area contributed by atoms with Gasteiger partial charge in [-0.1, -0.05) is 218 Å². The molecule has 0 spiro atoms. The Morgan fingerprint density at radius 2 is 0.808 bits per heavy atom. The summed E-state index contributed by atoms with van der Waals surface area (Å²) >= 11 is 0. The number of anilines is 3. The van der Waals surface area contributed by atoms with Gasteiger partial charge in [-0.05, 0) is 150 Å². The molecule has 0 saturated heterocycles. The predicted molar refractivity (Wildman–Crippen MR) is 307 cm³/mol. The lowest BCUT2D eigenvalue weighted by atomic mass is 9.67. The molecule has 1 aromatic heterocycles. The summed E-state index contributed by atoms with van der Waals surface area (Å²) in [6.07, 6.45) is 0. The van der Waals surface area contributed by atoms with Crippen LogP contribution in [-0.4, -0.2) is 4.57 Å². The van der Waals surface area contributed by atoms with E-state index in [1.54, 1.807) is 0 Å². The molecule has 1 aliphatic rings. The number of aromatic nitrogens is 1. The Balaban J connectivity index is 0.942. The third-order valence-electron chi connectivity index (χ3n) is 15.2. The molecule has 0 atom stereocenters. The molecule has 12 aromatic carbocycles. The van der Waals surface area contributed by atoms with E-state index in [9.17, 15) is 0 Å². The van der Waals surface area contributed by atoms with Crippen LogP contribution in [0, 0.1) is 0 Å². The first-order valence-electron chi connectivity index (χ1n) is 25.2. The van der Waals surface area contributed by atoms with Crippen molar-refractivity contribution in [2.75, 3.05) is 4.90 Å². The smallest absolute Gasteiger partial charge is 0.0714 e. The van der Waals surface area contributed by atoms with E-state index < -0.39 is 5.41 Å². The number of benzene rings is 12. The SMILES string of the molecule is c1ccc(-c2cc(-c3ccccc3)cc(-n3c4ccccc4c4cc(-c5cccc(N(c6ccc7c(c6)C(c6ccccc6)(c6ccccc6)c6ccccc6-7)c6ccc7ccccc7c6)c5)ccc43)c2)cc1. The lowest BCUT2D eigenvalue weighted by Crippen LogP contribution is -2.28. The zero-order chi connectivity index (χ0) is 48.3. The lowest BCUT2D eigenvalue weighted by Gasteiger charge is -2.35. The second-order valence-electron chi connectivity index (χ2n) is 19.3. The number of rotatable bonds is 9. The molecule has 13 aromatic rings. The highest BCUT2D eigenvalue weighted by Gasteiger charge is 2.46. The highest BCUT2D eigenvalue weighted by atomic mass is 15.1. The zero-order valence-corrected chi connectivity index (χ0v) is 40.1. The molecule has 73 heavy (non-hydrogen) atoms. The van der Waals surface area contributed by atoms with Crippen molar-refractivity contribution in [1.82, 2.24) is 4.57 Å². The van der Waals surface area contributed by atoms with Crippen molar-refractivity contribution in [3.63, 3.8) is 0 Å². The molecule has 2 heteroatoms. The van der Waals surface area contributed by atoms with Gasteiger partial charge in [-0.2, -0.15) is 0 Å². The van der Waals surface area contributed by atoms with Crippen LogP contribution in [0.25, 0.3) is 82.8 Å². The Morgan fingerprint density at radius 3 is 1.53 bits per heavy atom. The van der Waals surface area contributed by atoms with Gasteiger partial charge in [0.1, 0.15) is 0 Å². The molecular weight excluding hydrogens is 881 g/mol. The summed E-state index contributed by atoms with van der Waals surface area (Å²) in [4.78, 5) is 2.45. The Hall–Kier alpha value is -9.50. The summed E-state index contributed by atoms with van der Waals surface area (Å²) in [7, 11) is 0. The molecule has 0 fully saturated rings. The molecule has 0 saturated carbocycles. The van der Waals surface area contributed by atoms with E-state index in [1.165, 1.54) is 88.2 Å². The number of nitrogens with zero attached hydrogens (tertiary/aromatic N) is 2. The molecule has 0 N–H and O–H groups in total. The fourth-order valence-electron chi connectivity index (χ4n) is 11.9. The number of hydrogen-bond donors (Lipinski definition) is 0. The average molecular weight is 929 g/mol. The van der Waals surface area contributed by atoms with Crippen molar-refractivity contribution in [2.24, 2.45) is 0 Å². The van der Waals surface area contributed by atoms with E-state index in [-0.39, 0.29) is 0 Å². The maximum atomic E-state index is 2.47. The molecule has 342 valence electrons. The van der Waals surface area contributed by atoms with E-state index in [1.807, 2.05) is 0 Å². The summed E-state index contributed by atoms with van der Waals surface area (Å²) in [6, 6.07) is 107. The number of hydrogen-bond acceptors (Lipinski definition) is 1. The third-order valence-corrected chi connectivity index (χ3v) is 15.2. The van der Waals surface area contributed by atoms with Crippen LogP contribution in [0.3, 0.4) is 0 Å². The molecule has 2 nitrogen and oxygen atoms in total. The van der Waals surface area contributed by atoms with Crippen LogP contribution < -0.4 is 4.90 Å². The van der Waals surface area contributed by atoms with Gasteiger partial charge in [-0.3, -0.25) is 0 Å². The molecule has 0 amide bonds. The Bertz CT molecular complexity index is 4100. The quantitative estimate of drug-likeness (QED) is 0.140. The van der Waals surface area contributed by atoms with Gasteiger partial charge in [0.15, 0.2) is 0 Å². The van der Waals surface area contributed by atoms with Crippen LogP contribution in [0.5, 0.6) is 0 Å². The van der Waals surface area contributed by atoms with E-state index in [2.05, 4.69) is 301 Å². The summed E-state index contributed by atoms with van der Waals surface area (Å²) in [6.45, 7) is 0. The molecule has 0 unspecified atom stereocenters. The van der Waals surface area contributed by atoms with Crippen molar-refractivity contribution in [3.8, 4) is 50.2 Å². The average Bonchev–Trinajstić information content (AvgIpc) is 3.96. The molecular formula is C71H48N2. The van der Waals surface area contributed by atoms with Crippen molar-refractivity contribution in [3.05, 3.63) is 313 Å². The van der Waals surface area contributed by atoms with Crippen molar-refractivity contribution >= 4 is 49.6 Å². The van der Waals surface area contributed by atoms with Crippen LogP contribution >= 0.6 is 0 Å². The minimum absolute atomic E-state index is 0.526. The topological polar surface area (TPSA) is 8.17 Å². The van der Waals surface area contributed by atoms with Gasteiger partial charge < -0.3 is 9.47 Å². The van der Waals surface area contributed by atoms with Gasteiger partial charge in [0.25, 0.3) is 0 Å². The van der Waals surface area contributed by atoms with Crippen LogP contribution in [-0.2, 0) is 5.41 Å². The van der Waals surface area contributed by atoms with Crippen LogP contribution in [0.1, 0.15) is 22.3 Å². The first-order chi connectivity index (χ1) is 36.2. The fourth-order valence-corrected chi connectivity index (χ4v) is 11.9. The molecule has 0 radical (unpaired) electrons. The van der Waals surface area contributed by atoms with Gasteiger partial charge in [-0.25, -0.2) is 0 Å². The summed E-state index contributed by atoms with van der Waals surface area (Å²) in [5.74, 6) is 0. The van der Waals surface area contributed by atoms with Gasteiger partial charge in [-0.15, -0.1) is 0 Å². The fraction of sp³-hybridized carbons (Fsp3) is 0.0141. The van der Waals surface area contributed by atoms with E-state index in [0.717, 1.165) is 33.9 Å². The van der Waals surface area contributed by atoms with Crippen LogP contribution in [0.4, 0.5) is 17.1 Å². The Kier molecular flexibility index (Phi) is 10.1. The second kappa shape index (κ2) is 17.4. The van der Waals surface area contributed by atoms with Gasteiger partial charge >= 0.3 is 0 Å². The Labute approximate surface area is 426 Å². The zero-order valence-electron chi connectivity index (χ0n) is 40.1. The maximum Gasteiger partial charge on any atom is 0.0714 e. The Morgan fingerprint density at radius 1 is 0.274 bits per heavy atom. The minimum Gasteiger partial charge on any atom is -0.310 e. The largest absolute Gasteiger partial charge is 0.310 e. The number of para-hydroxylation sites is 1. The maximum absolute atomic E-state index is 2.47. The van der Waals surface area contributed by atoms with Gasteiger partial charge in [0.05, 0.1) is 16.4 Å². The van der Waals surface area contributed by atoms with E-state index in [4.69, 9.17) is 0 Å². The molecule has 14 rings (SSSR count). The third kappa shape index (κ3) is 7.02.